The second-order valence-corrected chi connectivity index (χ2v) is 20.0. The average Bonchev–Trinajstić information content (AvgIpc) is 3.58. The fourth-order valence-electron chi connectivity index (χ4n) is 11.4. The van der Waals surface area contributed by atoms with E-state index in [2.05, 4.69) is 220 Å². The number of hydrogen-bond donors (Lipinski definition) is 0. The molecule has 10 rings (SSSR count). The lowest BCUT2D eigenvalue weighted by molar-refractivity contribution is 0.652. The molecule has 0 fully saturated rings. The van der Waals surface area contributed by atoms with Crippen LogP contribution >= 0.6 is 0 Å². The van der Waals surface area contributed by atoms with Crippen LogP contribution in [0.15, 0.2) is 139 Å². The SMILES string of the molecule is CC1=CC(C)CC=C1N(c1ccc2c(c1)C(C)(C)c1cc3c(cc1-2)C(C)(C)c1cc(N(c2ccc(C)cc2C)c2ccc(C)cc2C)c2ccccc2c1-3)c1ccc(C)cc1C. The van der Waals surface area contributed by atoms with Crippen LogP contribution in [0.3, 0.4) is 0 Å². The molecule has 0 saturated carbocycles. The lowest BCUT2D eigenvalue weighted by Gasteiger charge is -2.33. The van der Waals surface area contributed by atoms with Crippen molar-refractivity contribution in [3.05, 3.63) is 194 Å². The number of rotatable bonds is 6. The molecule has 0 saturated heterocycles. The van der Waals surface area contributed by atoms with Gasteiger partial charge in [-0.15, -0.1) is 0 Å². The van der Waals surface area contributed by atoms with Crippen LogP contribution < -0.4 is 9.80 Å². The summed E-state index contributed by atoms with van der Waals surface area (Å²) in [7, 11) is 0. The van der Waals surface area contributed by atoms with Crippen LogP contribution in [0.5, 0.6) is 0 Å². The van der Waals surface area contributed by atoms with Gasteiger partial charge in [-0.25, -0.2) is 0 Å². The van der Waals surface area contributed by atoms with Crippen LogP contribution in [0.4, 0.5) is 28.4 Å². The van der Waals surface area contributed by atoms with Crippen LogP contribution in [-0.4, -0.2) is 0 Å². The Kier molecular flexibility index (Phi) is 9.16. The second-order valence-electron chi connectivity index (χ2n) is 20.0. The number of anilines is 5. The molecule has 62 heavy (non-hydrogen) atoms. The molecule has 3 aliphatic rings. The van der Waals surface area contributed by atoms with Crippen molar-refractivity contribution in [2.24, 2.45) is 5.92 Å². The predicted octanol–water partition coefficient (Wildman–Crippen LogP) is 16.8. The van der Waals surface area contributed by atoms with Crippen molar-refractivity contribution in [2.45, 2.75) is 100 Å². The van der Waals surface area contributed by atoms with Gasteiger partial charge in [-0.1, -0.05) is 130 Å². The van der Waals surface area contributed by atoms with Crippen LogP contribution in [0.2, 0.25) is 0 Å². The molecule has 3 aliphatic carbocycles. The number of aryl methyl sites for hydroxylation is 6. The third kappa shape index (κ3) is 6.04. The Morgan fingerprint density at radius 2 is 0.984 bits per heavy atom. The molecule has 7 aromatic carbocycles. The molecule has 0 aliphatic heterocycles. The van der Waals surface area contributed by atoms with Crippen LogP contribution in [0, 0.1) is 47.5 Å². The first-order valence-corrected chi connectivity index (χ1v) is 22.7. The molecule has 0 aromatic heterocycles. The molecule has 1 unspecified atom stereocenters. The van der Waals surface area contributed by atoms with Crippen molar-refractivity contribution in [3.63, 3.8) is 0 Å². The van der Waals surface area contributed by atoms with Crippen molar-refractivity contribution in [2.75, 3.05) is 9.80 Å². The number of fused-ring (bicyclic) bond motifs is 8. The Bertz CT molecular complexity index is 3040. The predicted molar refractivity (Wildman–Crippen MR) is 266 cm³/mol. The van der Waals surface area contributed by atoms with Gasteiger partial charge in [-0.3, -0.25) is 0 Å². The summed E-state index contributed by atoms with van der Waals surface area (Å²) in [6.07, 6.45) is 5.94. The molecule has 310 valence electrons. The summed E-state index contributed by atoms with van der Waals surface area (Å²) in [4.78, 5) is 5.05. The van der Waals surface area contributed by atoms with Gasteiger partial charge < -0.3 is 9.80 Å². The Morgan fingerprint density at radius 3 is 1.56 bits per heavy atom. The molecular weight excluding hydrogens is 749 g/mol. The number of hydrogen-bond acceptors (Lipinski definition) is 2. The summed E-state index contributed by atoms with van der Waals surface area (Å²) in [5, 5.41) is 2.58. The smallest absolute Gasteiger partial charge is 0.0543 e. The van der Waals surface area contributed by atoms with Crippen molar-refractivity contribution < 1.29 is 0 Å². The summed E-state index contributed by atoms with van der Waals surface area (Å²) >= 11 is 0. The molecule has 0 spiro atoms. The maximum absolute atomic E-state index is 2.58. The van der Waals surface area contributed by atoms with Crippen LogP contribution in [0.1, 0.15) is 104 Å². The standard InChI is InChI=1S/C60H60N2/c1-35-17-23-53(39(5)27-35)61(54-24-18-36(2)28-40(54)6)43-21-22-44-47-32-51-48(33-50(47)59(9,10)49(44)31-43)58-46-16-14-13-15-45(46)57(34-52(58)60(51,11)12)62(55-25-19-37(3)29-41(55)7)56-26-20-38(4)30-42(56)8/h13-17,19-34,36H,18H2,1-12H3. The van der Waals surface area contributed by atoms with E-state index >= 15 is 0 Å². The highest BCUT2D eigenvalue weighted by Crippen LogP contribution is 2.59. The van der Waals surface area contributed by atoms with E-state index in [1.165, 1.54) is 128 Å². The third-order valence-electron chi connectivity index (χ3n) is 14.6. The molecule has 0 amide bonds. The second kappa shape index (κ2) is 14.2. The Labute approximate surface area is 370 Å². The van der Waals surface area contributed by atoms with Crippen molar-refractivity contribution in [1.29, 1.82) is 0 Å². The van der Waals surface area contributed by atoms with Gasteiger partial charge in [0.1, 0.15) is 0 Å². The summed E-state index contributed by atoms with van der Waals surface area (Å²) in [6.45, 7) is 27.7. The largest absolute Gasteiger partial charge is 0.310 e. The lowest BCUT2D eigenvalue weighted by atomic mass is 9.79. The fourth-order valence-corrected chi connectivity index (χ4v) is 11.4. The molecule has 2 nitrogen and oxygen atoms in total. The van der Waals surface area contributed by atoms with Crippen LogP contribution in [-0.2, 0) is 10.8 Å². The molecule has 0 N–H and O–H groups in total. The lowest BCUT2D eigenvalue weighted by Crippen LogP contribution is -2.22. The summed E-state index contributed by atoms with van der Waals surface area (Å²) in [5.41, 5.74) is 27.1. The van der Waals surface area contributed by atoms with E-state index in [-0.39, 0.29) is 10.8 Å². The number of benzene rings is 7. The van der Waals surface area contributed by atoms with E-state index in [9.17, 15) is 0 Å². The van der Waals surface area contributed by atoms with Crippen molar-refractivity contribution >= 4 is 39.2 Å². The Balaban J connectivity index is 1.15. The highest BCUT2D eigenvalue weighted by Gasteiger charge is 2.43. The summed E-state index contributed by atoms with van der Waals surface area (Å²) in [6, 6.07) is 44.8. The minimum atomic E-state index is -0.226. The number of nitrogens with zero attached hydrogens (tertiary/aromatic N) is 2. The zero-order chi connectivity index (χ0) is 43.6. The van der Waals surface area contributed by atoms with Gasteiger partial charge in [0, 0.05) is 44.7 Å². The minimum absolute atomic E-state index is 0.199. The first kappa shape index (κ1) is 40.0. The zero-order valence-corrected chi connectivity index (χ0v) is 38.8. The van der Waals surface area contributed by atoms with Gasteiger partial charge in [-0.2, -0.15) is 0 Å². The minimum Gasteiger partial charge on any atom is -0.310 e. The number of allylic oxidation sites excluding steroid dienone is 3. The maximum atomic E-state index is 2.58. The molecule has 2 heteroatoms. The van der Waals surface area contributed by atoms with E-state index in [4.69, 9.17) is 0 Å². The highest BCUT2D eigenvalue weighted by molar-refractivity contribution is 6.11. The van der Waals surface area contributed by atoms with E-state index in [0.717, 1.165) is 6.42 Å². The molecular formula is C60H60N2. The maximum Gasteiger partial charge on any atom is 0.0543 e. The molecule has 7 aromatic rings. The first-order valence-electron chi connectivity index (χ1n) is 22.7. The zero-order valence-electron chi connectivity index (χ0n) is 38.8. The van der Waals surface area contributed by atoms with E-state index in [1.807, 2.05) is 0 Å². The van der Waals surface area contributed by atoms with Gasteiger partial charge in [0.05, 0.1) is 5.69 Å². The normalized spacial score (nSPS) is 16.6. The van der Waals surface area contributed by atoms with Gasteiger partial charge in [-0.05, 0) is 181 Å². The molecule has 0 bridgehead atoms. The molecule has 0 heterocycles. The quantitative estimate of drug-likeness (QED) is 0.165. The van der Waals surface area contributed by atoms with Crippen molar-refractivity contribution in [1.82, 2.24) is 0 Å². The third-order valence-corrected chi connectivity index (χ3v) is 14.6. The molecule has 0 radical (unpaired) electrons. The van der Waals surface area contributed by atoms with Gasteiger partial charge >= 0.3 is 0 Å². The topological polar surface area (TPSA) is 6.48 Å². The fraction of sp³-hybridized carbons (Fsp3) is 0.267. The van der Waals surface area contributed by atoms with Gasteiger partial charge in [0.25, 0.3) is 0 Å². The van der Waals surface area contributed by atoms with Crippen molar-refractivity contribution in [3.8, 4) is 22.3 Å². The highest BCUT2D eigenvalue weighted by atomic mass is 15.2. The summed E-state index contributed by atoms with van der Waals surface area (Å²) < 4.78 is 0. The molecule has 1 atom stereocenters. The Morgan fingerprint density at radius 1 is 0.468 bits per heavy atom. The van der Waals surface area contributed by atoms with Gasteiger partial charge in [0.15, 0.2) is 0 Å². The average molecular weight is 809 g/mol. The Hall–Kier alpha value is -6.12. The van der Waals surface area contributed by atoms with Gasteiger partial charge in [0.2, 0.25) is 0 Å². The monoisotopic (exact) mass is 808 g/mol. The summed E-state index contributed by atoms with van der Waals surface area (Å²) in [5.74, 6) is 0.543. The van der Waals surface area contributed by atoms with E-state index in [1.54, 1.807) is 0 Å². The van der Waals surface area contributed by atoms with E-state index in [0.29, 0.717) is 5.92 Å². The van der Waals surface area contributed by atoms with E-state index < -0.39 is 0 Å². The van der Waals surface area contributed by atoms with Crippen LogP contribution in [0.25, 0.3) is 33.0 Å². The first-order chi connectivity index (χ1) is 29.5.